The summed E-state index contributed by atoms with van der Waals surface area (Å²) in [5, 5.41) is 4.22. The van der Waals surface area contributed by atoms with E-state index in [0.717, 1.165) is 28.5 Å². The van der Waals surface area contributed by atoms with E-state index >= 15 is 0 Å². The molecule has 172 valence electrons. The van der Waals surface area contributed by atoms with Crippen LogP contribution >= 0.6 is 12.2 Å². The molecular formula is C28H28N4OS. The minimum absolute atomic E-state index is 0.0862. The molecule has 4 aromatic rings. The molecule has 5 nitrogen and oxygen atoms in total. The van der Waals surface area contributed by atoms with Crippen molar-refractivity contribution < 1.29 is 4.74 Å². The van der Waals surface area contributed by atoms with Crippen LogP contribution in [0.3, 0.4) is 0 Å². The molecule has 6 heteroatoms. The van der Waals surface area contributed by atoms with Crippen LogP contribution in [0.1, 0.15) is 41.5 Å². The number of rotatable bonds is 6. The second kappa shape index (κ2) is 9.31. The van der Waals surface area contributed by atoms with Gasteiger partial charge in [0.15, 0.2) is 5.11 Å². The fourth-order valence-corrected chi connectivity index (χ4v) is 4.89. The molecule has 0 bridgehead atoms. The fraction of sp³-hybridized carbons (Fsp3) is 0.214. The van der Waals surface area contributed by atoms with E-state index in [1.165, 1.54) is 11.1 Å². The summed E-state index contributed by atoms with van der Waals surface area (Å²) in [6, 6.07) is 24.8. The van der Waals surface area contributed by atoms with Gasteiger partial charge in [-0.05, 0) is 105 Å². The summed E-state index contributed by atoms with van der Waals surface area (Å²) in [6.45, 7) is 6.91. The van der Waals surface area contributed by atoms with Crippen molar-refractivity contribution in [2.75, 3.05) is 11.5 Å². The Bertz CT molecular complexity index is 1300. The first kappa shape index (κ1) is 22.2. The van der Waals surface area contributed by atoms with Crippen LogP contribution in [0.2, 0.25) is 0 Å². The monoisotopic (exact) mass is 468 g/mol. The van der Waals surface area contributed by atoms with Gasteiger partial charge in [0, 0.05) is 29.5 Å². The summed E-state index contributed by atoms with van der Waals surface area (Å²) in [5.74, 6) is 0.848. The predicted molar refractivity (Wildman–Crippen MR) is 141 cm³/mol. The van der Waals surface area contributed by atoms with E-state index in [1.54, 1.807) is 0 Å². The lowest BCUT2D eigenvalue weighted by molar-refractivity contribution is 0.340. The van der Waals surface area contributed by atoms with E-state index in [1.807, 2.05) is 37.4 Å². The Morgan fingerprint density at radius 2 is 1.74 bits per heavy atom. The van der Waals surface area contributed by atoms with Crippen LogP contribution in [0.15, 0.2) is 85.2 Å². The normalized spacial score (nSPS) is 17.6. The molecular weight excluding hydrogens is 440 g/mol. The third-order valence-corrected chi connectivity index (χ3v) is 6.69. The SMILES string of the molecule is CCOc1ccc(N2C(=S)NC(c3ccccn3)C2c2cccn2-c2ccc(C)c(C)c2)cc1. The highest BCUT2D eigenvalue weighted by Gasteiger charge is 2.42. The Hall–Kier alpha value is -3.64. The predicted octanol–water partition coefficient (Wildman–Crippen LogP) is 6.06. The highest BCUT2D eigenvalue weighted by molar-refractivity contribution is 7.80. The zero-order chi connectivity index (χ0) is 23.7. The largest absolute Gasteiger partial charge is 0.494 e. The van der Waals surface area contributed by atoms with Crippen molar-refractivity contribution in [1.29, 1.82) is 0 Å². The Morgan fingerprint density at radius 1 is 0.941 bits per heavy atom. The van der Waals surface area contributed by atoms with Crippen LogP contribution in [0, 0.1) is 13.8 Å². The smallest absolute Gasteiger partial charge is 0.174 e. The summed E-state index contributed by atoms with van der Waals surface area (Å²) >= 11 is 5.88. The van der Waals surface area contributed by atoms with Gasteiger partial charge in [0.05, 0.1) is 18.3 Å². The second-order valence-corrected chi connectivity index (χ2v) is 8.88. The lowest BCUT2D eigenvalue weighted by atomic mass is 10.0. The summed E-state index contributed by atoms with van der Waals surface area (Å²) < 4.78 is 7.91. The molecule has 1 saturated heterocycles. The van der Waals surface area contributed by atoms with Crippen molar-refractivity contribution in [3.8, 4) is 11.4 Å². The van der Waals surface area contributed by atoms with Gasteiger partial charge in [-0.3, -0.25) is 4.98 Å². The molecule has 1 fully saturated rings. The Morgan fingerprint density at radius 3 is 2.44 bits per heavy atom. The quantitative estimate of drug-likeness (QED) is 0.348. The summed E-state index contributed by atoms with van der Waals surface area (Å²) in [7, 11) is 0. The lowest BCUT2D eigenvalue weighted by Gasteiger charge is -2.29. The van der Waals surface area contributed by atoms with Crippen LogP contribution in [-0.4, -0.2) is 21.3 Å². The molecule has 0 saturated carbocycles. The molecule has 2 aromatic carbocycles. The van der Waals surface area contributed by atoms with Gasteiger partial charge in [0.25, 0.3) is 0 Å². The maximum atomic E-state index is 5.88. The maximum absolute atomic E-state index is 5.88. The number of aromatic nitrogens is 2. The van der Waals surface area contributed by atoms with Gasteiger partial charge >= 0.3 is 0 Å². The molecule has 1 aliphatic rings. The van der Waals surface area contributed by atoms with Gasteiger partial charge < -0.3 is 19.5 Å². The van der Waals surface area contributed by atoms with Crippen molar-refractivity contribution in [2.24, 2.45) is 0 Å². The van der Waals surface area contributed by atoms with Crippen LogP contribution in [0.5, 0.6) is 5.75 Å². The van der Waals surface area contributed by atoms with Crippen molar-refractivity contribution >= 4 is 23.0 Å². The highest BCUT2D eigenvalue weighted by Crippen LogP contribution is 2.42. The van der Waals surface area contributed by atoms with E-state index in [0.29, 0.717) is 11.7 Å². The van der Waals surface area contributed by atoms with Gasteiger partial charge in [-0.25, -0.2) is 0 Å². The number of pyridine rings is 1. The third-order valence-electron chi connectivity index (χ3n) is 6.38. The van der Waals surface area contributed by atoms with Gasteiger partial charge in [-0.15, -0.1) is 0 Å². The topological polar surface area (TPSA) is 42.3 Å². The molecule has 0 radical (unpaired) electrons. The molecule has 0 amide bonds. The first-order chi connectivity index (χ1) is 16.6. The highest BCUT2D eigenvalue weighted by atomic mass is 32.1. The van der Waals surface area contributed by atoms with E-state index < -0.39 is 0 Å². The number of anilines is 1. The van der Waals surface area contributed by atoms with E-state index in [4.69, 9.17) is 17.0 Å². The van der Waals surface area contributed by atoms with Crippen molar-refractivity contribution in [3.05, 3.63) is 108 Å². The molecule has 1 aliphatic heterocycles. The molecule has 2 atom stereocenters. The second-order valence-electron chi connectivity index (χ2n) is 8.50. The Kier molecular flexibility index (Phi) is 6.07. The van der Waals surface area contributed by atoms with Crippen molar-refractivity contribution in [1.82, 2.24) is 14.9 Å². The molecule has 2 aromatic heterocycles. The Labute approximate surface area is 206 Å². The molecule has 1 N–H and O–H groups in total. The minimum atomic E-state index is -0.0968. The van der Waals surface area contributed by atoms with Gasteiger partial charge in [0.2, 0.25) is 0 Å². The first-order valence-corrected chi connectivity index (χ1v) is 12.0. The van der Waals surface area contributed by atoms with Crippen LogP contribution < -0.4 is 15.0 Å². The zero-order valence-corrected chi connectivity index (χ0v) is 20.4. The molecule has 2 unspecified atom stereocenters. The summed E-state index contributed by atoms with van der Waals surface area (Å²) in [5.41, 5.74) is 6.78. The van der Waals surface area contributed by atoms with E-state index in [2.05, 4.69) is 88.3 Å². The summed E-state index contributed by atoms with van der Waals surface area (Å²) in [4.78, 5) is 6.86. The van der Waals surface area contributed by atoms with Gasteiger partial charge in [-0.2, -0.15) is 0 Å². The number of aryl methyl sites for hydroxylation is 2. The van der Waals surface area contributed by atoms with E-state index in [-0.39, 0.29) is 12.1 Å². The third kappa shape index (κ3) is 4.05. The lowest BCUT2D eigenvalue weighted by Crippen LogP contribution is -2.30. The first-order valence-electron chi connectivity index (χ1n) is 11.5. The molecule has 0 aliphatic carbocycles. The number of thiocarbonyl (C=S) groups is 1. The van der Waals surface area contributed by atoms with Crippen molar-refractivity contribution in [2.45, 2.75) is 32.9 Å². The fourth-order valence-electron chi connectivity index (χ4n) is 4.55. The Balaban J connectivity index is 1.63. The van der Waals surface area contributed by atoms with E-state index in [9.17, 15) is 0 Å². The minimum Gasteiger partial charge on any atom is -0.494 e. The molecule has 0 spiro atoms. The van der Waals surface area contributed by atoms with Gasteiger partial charge in [-0.1, -0.05) is 12.1 Å². The maximum Gasteiger partial charge on any atom is 0.174 e. The average molecular weight is 469 g/mol. The summed E-state index contributed by atoms with van der Waals surface area (Å²) in [6.07, 6.45) is 3.95. The van der Waals surface area contributed by atoms with Gasteiger partial charge in [0.1, 0.15) is 11.8 Å². The number of ether oxygens (including phenoxy) is 1. The number of hydrogen-bond acceptors (Lipinski definition) is 3. The van der Waals surface area contributed by atoms with Crippen LogP contribution in [0.4, 0.5) is 5.69 Å². The zero-order valence-electron chi connectivity index (χ0n) is 19.6. The molecule has 34 heavy (non-hydrogen) atoms. The molecule has 3 heterocycles. The molecule has 5 rings (SSSR count). The average Bonchev–Trinajstić information content (AvgIpc) is 3.46. The number of nitrogens with one attached hydrogen (secondary N) is 1. The van der Waals surface area contributed by atoms with Crippen LogP contribution in [0.25, 0.3) is 5.69 Å². The number of benzene rings is 2. The van der Waals surface area contributed by atoms with Crippen molar-refractivity contribution in [3.63, 3.8) is 0 Å². The number of nitrogens with zero attached hydrogens (tertiary/aromatic N) is 3. The standard InChI is InChI=1S/C28H28N4OS/c1-4-33-23-14-12-21(13-15-23)32-27(26(30-28(32)34)24-8-5-6-16-29-24)25-9-7-17-31(25)22-11-10-19(2)20(3)18-22/h5-18,26-27H,4H2,1-3H3,(H,30,34). The van der Waals surface area contributed by atoms with Crippen LogP contribution in [-0.2, 0) is 0 Å². The number of hydrogen-bond donors (Lipinski definition) is 1.